The molecule has 5 nitrogen and oxygen atoms in total. The number of alkyl halides is 1. The van der Waals surface area contributed by atoms with Crippen molar-refractivity contribution >= 4 is 21.6 Å². The Kier molecular flexibility index (Phi) is 4.47. The normalized spacial score (nSPS) is 24.3. The van der Waals surface area contributed by atoms with Crippen LogP contribution in [-0.4, -0.2) is 41.0 Å². The second-order valence-corrected chi connectivity index (χ2v) is 8.01. The van der Waals surface area contributed by atoms with E-state index in [1.165, 1.54) is 4.31 Å². The number of hydrogen-bond donors (Lipinski definition) is 0. The fraction of sp³-hybridized carbons (Fsp3) is 0.769. The van der Waals surface area contributed by atoms with Gasteiger partial charge in [-0.2, -0.15) is 9.40 Å². The molecule has 1 aromatic heterocycles. The molecular formula is C13H22ClN3O2S. The molecule has 1 aliphatic carbocycles. The van der Waals surface area contributed by atoms with Crippen molar-refractivity contribution in [2.24, 2.45) is 7.05 Å². The Balaban J connectivity index is 2.39. The van der Waals surface area contributed by atoms with Gasteiger partial charge in [0.1, 0.15) is 4.90 Å². The quantitative estimate of drug-likeness (QED) is 0.803. The molecule has 1 aromatic rings. The number of hydrogen-bond acceptors (Lipinski definition) is 3. The van der Waals surface area contributed by atoms with Crippen molar-refractivity contribution in [1.82, 2.24) is 14.1 Å². The lowest BCUT2D eigenvalue weighted by atomic mass is 9.95. The molecule has 2 atom stereocenters. The molecule has 114 valence electrons. The topological polar surface area (TPSA) is 55.2 Å². The fourth-order valence-corrected chi connectivity index (χ4v) is 5.26. The average molecular weight is 320 g/mol. The number of halogens is 1. The van der Waals surface area contributed by atoms with Crippen molar-refractivity contribution in [3.05, 3.63) is 11.4 Å². The predicted octanol–water partition coefficient (Wildman–Crippen LogP) is 2.21. The van der Waals surface area contributed by atoms with E-state index in [2.05, 4.69) is 5.10 Å². The zero-order valence-corrected chi connectivity index (χ0v) is 14.0. The van der Waals surface area contributed by atoms with E-state index < -0.39 is 10.0 Å². The van der Waals surface area contributed by atoms with Crippen LogP contribution in [0.15, 0.2) is 4.90 Å². The first-order chi connectivity index (χ1) is 9.26. The van der Waals surface area contributed by atoms with E-state index >= 15 is 0 Å². The third-order valence-corrected chi connectivity index (χ3v) is 6.84. The minimum atomic E-state index is -3.55. The highest BCUT2D eigenvalue weighted by atomic mass is 35.5. The first-order valence-electron chi connectivity index (χ1n) is 6.89. The molecule has 0 aliphatic heterocycles. The second kappa shape index (κ2) is 5.66. The smallest absolute Gasteiger partial charge is 0.246 e. The van der Waals surface area contributed by atoms with Gasteiger partial charge in [0.15, 0.2) is 0 Å². The van der Waals surface area contributed by atoms with E-state index in [4.69, 9.17) is 11.6 Å². The Labute approximate surface area is 126 Å². The highest BCUT2D eigenvalue weighted by Gasteiger charge is 2.36. The summed E-state index contributed by atoms with van der Waals surface area (Å²) in [7, 11) is -0.159. The van der Waals surface area contributed by atoms with Gasteiger partial charge in [0.25, 0.3) is 0 Å². The molecule has 0 N–H and O–H groups in total. The SMILES string of the molecule is Cc1nn(C)c(C)c1S(=O)(=O)N(C)C1CCCCC1Cl. The van der Waals surface area contributed by atoms with Gasteiger partial charge in [0.05, 0.1) is 16.8 Å². The van der Waals surface area contributed by atoms with Gasteiger partial charge in [-0.25, -0.2) is 8.42 Å². The van der Waals surface area contributed by atoms with Crippen molar-refractivity contribution in [1.29, 1.82) is 0 Å². The van der Waals surface area contributed by atoms with Gasteiger partial charge < -0.3 is 0 Å². The van der Waals surface area contributed by atoms with E-state index in [1.54, 1.807) is 32.6 Å². The number of aromatic nitrogens is 2. The van der Waals surface area contributed by atoms with E-state index in [-0.39, 0.29) is 11.4 Å². The van der Waals surface area contributed by atoms with Gasteiger partial charge in [0.2, 0.25) is 10.0 Å². The Morgan fingerprint density at radius 2 is 1.90 bits per heavy atom. The van der Waals surface area contributed by atoms with Crippen LogP contribution in [0.4, 0.5) is 0 Å². The van der Waals surface area contributed by atoms with Gasteiger partial charge in [-0.15, -0.1) is 11.6 Å². The Morgan fingerprint density at radius 1 is 1.30 bits per heavy atom. The Hall–Kier alpha value is -0.590. The minimum absolute atomic E-state index is 0.110. The highest BCUT2D eigenvalue weighted by molar-refractivity contribution is 7.89. The molecule has 0 saturated heterocycles. The van der Waals surface area contributed by atoms with Gasteiger partial charge in [-0.05, 0) is 26.7 Å². The van der Waals surface area contributed by atoms with E-state index in [0.717, 1.165) is 25.7 Å². The average Bonchev–Trinajstić information content (AvgIpc) is 2.63. The largest absolute Gasteiger partial charge is 0.271 e. The van der Waals surface area contributed by atoms with Crippen LogP contribution < -0.4 is 0 Å². The predicted molar refractivity (Wildman–Crippen MR) is 79.5 cm³/mol. The van der Waals surface area contributed by atoms with Crippen LogP contribution in [0.5, 0.6) is 0 Å². The molecule has 1 fully saturated rings. The summed E-state index contributed by atoms with van der Waals surface area (Å²) in [5, 5.41) is 4.09. The number of sulfonamides is 1. The molecule has 1 saturated carbocycles. The molecule has 20 heavy (non-hydrogen) atoms. The van der Waals surface area contributed by atoms with Crippen LogP contribution >= 0.6 is 11.6 Å². The molecule has 7 heteroatoms. The maximum atomic E-state index is 12.8. The lowest BCUT2D eigenvalue weighted by molar-refractivity contribution is 0.290. The van der Waals surface area contributed by atoms with Crippen LogP contribution in [0.3, 0.4) is 0 Å². The molecule has 1 heterocycles. The molecule has 1 aliphatic rings. The van der Waals surface area contributed by atoms with Crippen molar-refractivity contribution in [2.75, 3.05) is 7.05 Å². The summed E-state index contributed by atoms with van der Waals surface area (Å²) >= 11 is 6.33. The standard InChI is InChI=1S/C13H22ClN3O2S/c1-9-13(10(2)16(3)15-9)20(18,19)17(4)12-8-6-5-7-11(12)14/h11-12H,5-8H2,1-4H3. The lowest BCUT2D eigenvalue weighted by Crippen LogP contribution is -2.44. The fourth-order valence-electron chi connectivity index (χ4n) is 2.93. The molecule has 0 spiro atoms. The minimum Gasteiger partial charge on any atom is -0.271 e. The van der Waals surface area contributed by atoms with Crippen LogP contribution in [0, 0.1) is 13.8 Å². The number of rotatable bonds is 3. The van der Waals surface area contributed by atoms with Gasteiger partial charge >= 0.3 is 0 Å². The second-order valence-electron chi connectivity index (χ2n) is 5.51. The summed E-state index contributed by atoms with van der Waals surface area (Å²) in [5.74, 6) is 0. The zero-order chi connectivity index (χ0) is 15.1. The summed E-state index contributed by atoms with van der Waals surface area (Å²) in [6, 6.07) is -0.130. The molecule has 0 radical (unpaired) electrons. The van der Waals surface area contributed by atoms with Gasteiger partial charge in [-0.1, -0.05) is 12.8 Å². The summed E-state index contributed by atoms with van der Waals surface area (Å²) in [6.07, 6.45) is 3.79. The van der Waals surface area contributed by atoms with Crippen molar-refractivity contribution in [3.63, 3.8) is 0 Å². The zero-order valence-electron chi connectivity index (χ0n) is 12.4. The highest BCUT2D eigenvalue weighted by Crippen LogP contribution is 2.31. The molecule has 0 aromatic carbocycles. The summed E-state index contributed by atoms with van der Waals surface area (Å²) in [4.78, 5) is 0.317. The molecular weight excluding hydrogens is 298 g/mol. The van der Waals surface area contributed by atoms with E-state index in [0.29, 0.717) is 16.3 Å². The van der Waals surface area contributed by atoms with E-state index in [9.17, 15) is 8.42 Å². The van der Waals surface area contributed by atoms with Crippen LogP contribution in [0.2, 0.25) is 0 Å². The third-order valence-electron chi connectivity index (χ3n) is 4.19. The molecule has 2 unspecified atom stereocenters. The Bertz CT molecular complexity index is 597. The maximum absolute atomic E-state index is 12.8. The van der Waals surface area contributed by atoms with Gasteiger partial charge in [0, 0.05) is 20.1 Å². The first kappa shape index (κ1) is 15.8. The Morgan fingerprint density at radius 3 is 2.40 bits per heavy atom. The summed E-state index contributed by atoms with van der Waals surface area (Å²) in [6.45, 7) is 3.51. The van der Waals surface area contributed by atoms with Crippen LogP contribution in [-0.2, 0) is 17.1 Å². The first-order valence-corrected chi connectivity index (χ1v) is 8.76. The monoisotopic (exact) mass is 319 g/mol. The molecule has 0 bridgehead atoms. The lowest BCUT2D eigenvalue weighted by Gasteiger charge is -2.34. The third kappa shape index (κ3) is 2.61. The van der Waals surface area contributed by atoms with Crippen molar-refractivity contribution in [3.8, 4) is 0 Å². The molecule has 2 rings (SSSR count). The summed E-state index contributed by atoms with van der Waals surface area (Å²) in [5.41, 5.74) is 1.20. The van der Waals surface area contributed by atoms with E-state index in [1.807, 2.05) is 0 Å². The van der Waals surface area contributed by atoms with Crippen molar-refractivity contribution < 1.29 is 8.42 Å². The van der Waals surface area contributed by atoms with Crippen LogP contribution in [0.1, 0.15) is 37.1 Å². The van der Waals surface area contributed by atoms with Crippen LogP contribution in [0.25, 0.3) is 0 Å². The van der Waals surface area contributed by atoms with Crippen molar-refractivity contribution in [2.45, 2.75) is 55.8 Å². The van der Waals surface area contributed by atoms with Gasteiger partial charge in [-0.3, -0.25) is 4.68 Å². The maximum Gasteiger partial charge on any atom is 0.246 e. The summed E-state index contributed by atoms with van der Waals surface area (Å²) < 4.78 is 28.7. The molecule has 0 amide bonds. The number of aryl methyl sites for hydroxylation is 2. The number of nitrogens with zero attached hydrogens (tertiary/aromatic N) is 3.